The third-order valence-electron chi connectivity index (χ3n) is 3.52. The van der Waals surface area contributed by atoms with Gasteiger partial charge < -0.3 is 10.6 Å². The molecule has 0 aliphatic heterocycles. The molecule has 0 saturated heterocycles. The first-order valence-corrected chi connectivity index (χ1v) is 7.84. The summed E-state index contributed by atoms with van der Waals surface area (Å²) >= 11 is 0. The van der Waals surface area contributed by atoms with Crippen LogP contribution in [0.3, 0.4) is 0 Å². The highest BCUT2D eigenvalue weighted by molar-refractivity contribution is 6.05. The molecule has 0 atom stereocenters. The Kier molecular flexibility index (Phi) is 6.09. The second kappa shape index (κ2) is 8.49. The van der Waals surface area contributed by atoms with Gasteiger partial charge in [-0.1, -0.05) is 25.5 Å². The zero-order valence-corrected chi connectivity index (χ0v) is 13.5. The van der Waals surface area contributed by atoms with Gasteiger partial charge in [0.15, 0.2) is 0 Å². The van der Waals surface area contributed by atoms with E-state index in [0.29, 0.717) is 28.9 Å². The minimum absolute atomic E-state index is 0.148. The van der Waals surface area contributed by atoms with Crippen molar-refractivity contribution in [2.45, 2.75) is 19.8 Å². The highest BCUT2D eigenvalue weighted by Crippen LogP contribution is 2.15. The number of nitrogens with zero attached hydrogens (tertiary/aromatic N) is 1. The molecule has 0 radical (unpaired) electrons. The molecule has 0 spiro atoms. The SMILES string of the molecule is CCCCNC(=O)c1ccc(C(=O)Nc2ccccc2C#N)cc1. The molecular formula is C19H19N3O2. The number of benzene rings is 2. The van der Waals surface area contributed by atoms with Gasteiger partial charge in [-0.2, -0.15) is 5.26 Å². The summed E-state index contributed by atoms with van der Waals surface area (Å²) in [5.41, 5.74) is 1.80. The van der Waals surface area contributed by atoms with Crippen LogP contribution in [0, 0.1) is 11.3 Å². The van der Waals surface area contributed by atoms with Crippen molar-refractivity contribution in [3.63, 3.8) is 0 Å². The number of rotatable bonds is 6. The Morgan fingerprint density at radius 3 is 2.25 bits per heavy atom. The summed E-state index contributed by atoms with van der Waals surface area (Å²) in [7, 11) is 0. The van der Waals surface area contributed by atoms with Gasteiger partial charge in [0, 0.05) is 17.7 Å². The number of hydrogen-bond acceptors (Lipinski definition) is 3. The van der Waals surface area contributed by atoms with E-state index in [1.807, 2.05) is 6.07 Å². The van der Waals surface area contributed by atoms with Crippen LogP contribution in [0.4, 0.5) is 5.69 Å². The molecule has 0 aliphatic rings. The Balaban J connectivity index is 2.03. The van der Waals surface area contributed by atoms with Gasteiger partial charge >= 0.3 is 0 Å². The third-order valence-corrected chi connectivity index (χ3v) is 3.52. The Morgan fingerprint density at radius 1 is 1.00 bits per heavy atom. The molecule has 0 fully saturated rings. The van der Waals surface area contributed by atoms with Crippen molar-refractivity contribution >= 4 is 17.5 Å². The van der Waals surface area contributed by atoms with Crippen molar-refractivity contribution in [2.24, 2.45) is 0 Å². The molecule has 2 rings (SSSR count). The first-order chi connectivity index (χ1) is 11.7. The molecular weight excluding hydrogens is 302 g/mol. The maximum Gasteiger partial charge on any atom is 0.255 e. The number of nitrogens with one attached hydrogen (secondary N) is 2. The van der Waals surface area contributed by atoms with Crippen molar-refractivity contribution in [1.82, 2.24) is 5.32 Å². The van der Waals surface area contributed by atoms with Gasteiger partial charge in [0.05, 0.1) is 11.3 Å². The predicted octanol–water partition coefficient (Wildman–Crippen LogP) is 3.34. The summed E-state index contributed by atoms with van der Waals surface area (Å²) < 4.78 is 0. The van der Waals surface area contributed by atoms with E-state index >= 15 is 0 Å². The summed E-state index contributed by atoms with van der Waals surface area (Å²) in [4.78, 5) is 24.2. The van der Waals surface area contributed by atoms with Crippen LogP contribution in [0.25, 0.3) is 0 Å². The molecule has 0 bridgehead atoms. The second-order valence-electron chi connectivity index (χ2n) is 5.30. The molecule has 0 aliphatic carbocycles. The van der Waals surface area contributed by atoms with Crippen molar-refractivity contribution in [2.75, 3.05) is 11.9 Å². The first kappa shape index (κ1) is 17.2. The number of amides is 2. The molecule has 2 N–H and O–H groups in total. The highest BCUT2D eigenvalue weighted by Gasteiger charge is 2.10. The fourth-order valence-electron chi connectivity index (χ4n) is 2.14. The first-order valence-electron chi connectivity index (χ1n) is 7.84. The molecule has 5 heteroatoms. The van der Waals surface area contributed by atoms with Gasteiger partial charge in [0.2, 0.25) is 0 Å². The van der Waals surface area contributed by atoms with Crippen molar-refractivity contribution < 1.29 is 9.59 Å². The van der Waals surface area contributed by atoms with Gasteiger partial charge in [0.25, 0.3) is 11.8 Å². The maximum absolute atomic E-state index is 12.3. The van der Waals surface area contributed by atoms with Gasteiger partial charge in [0.1, 0.15) is 6.07 Å². The Bertz CT molecular complexity index is 761. The van der Waals surface area contributed by atoms with E-state index in [9.17, 15) is 9.59 Å². The lowest BCUT2D eigenvalue weighted by molar-refractivity contribution is 0.0951. The van der Waals surface area contributed by atoms with Gasteiger partial charge in [-0.15, -0.1) is 0 Å². The zero-order valence-electron chi connectivity index (χ0n) is 13.5. The summed E-state index contributed by atoms with van der Waals surface area (Å²) in [6, 6.07) is 15.3. The summed E-state index contributed by atoms with van der Waals surface area (Å²) in [5, 5.41) is 14.6. The van der Waals surface area contributed by atoms with Crippen LogP contribution in [0.1, 0.15) is 46.0 Å². The number of carbonyl (C=O) groups is 2. The lowest BCUT2D eigenvalue weighted by Gasteiger charge is -2.08. The molecule has 0 aromatic heterocycles. The number of hydrogen-bond donors (Lipinski definition) is 2. The van der Waals surface area contributed by atoms with Crippen molar-refractivity contribution in [3.8, 4) is 6.07 Å². The molecule has 2 aromatic carbocycles. The summed E-state index contributed by atoms with van der Waals surface area (Å²) in [6.07, 6.45) is 1.95. The molecule has 2 aromatic rings. The van der Waals surface area contributed by atoms with Crippen LogP contribution in [0.5, 0.6) is 0 Å². The van der Waals surface area contributed by atoms with E-state index in [1.54, 1.807) is 48.5 Å². The van der Waals surface area contributed by atoms with E-state index < -0.39 is 0 Å². The normalized spacial score (nSPS) is 9.83. The fraction of sp³-hybridized carbons (Fsp3) is 0.211. The predicted molar refractivity (Wildman–Crippen MR) is 92.8 cm³/mol. The van der Waals surface area contributed by atoms with E-state index in [2.05, 4.69) is 17.6 Å². The zero-order chi connectivity index (χ0) is 17.4. The average Bonchev–Trinajstić information content (AvgIpc) is 2.62. The van der Waals surface area contributed by atoms with Crippen molar-refractivity contribution in [1.29, 1.82) is 5.26 Å². The summed E-state index contributed by atoms with van der Waals surface area (Å²) in [5.74, 6) is -0.471. The minimum atomic E-state index is -0.323. The molecule has 0 heterocycles. The second-order valence-corrected chi connectivity index (χ2v) is 5.30. The number of unbranched alkanes of at least 4 members (excludes halogenated alkanes) is 1. The number of anilines is 1. The monoisotopic (exact) mass is 321 g/mol. The molecule has 2 amide bonds. The topological polar surface area (TPSA) is 82.0 Å². The van der Waals surface area contributed by atoms with Gasteiger partial charge in [-0.3, -0.25) is 9.59 Å². The van der Waals surface area contributed by atoms with Crippen LogP contribution >= 0.6 is 0 Å². The average molecular weight is 321 g/mol. The summed E-state index contributed by atoms with van der Waals surface area (Å²) in [6.45, 7) is 2.70. The van der Waals surface area contributed by atoms with Crippen molar-refractivity contribution in [3.05, 3.63) is 65.2 Å². The fourth-order valence-corrected chi connectivity index (χ4v) is 2.14. The lowest BCUT2D eigenvalue weighted by Crippen LogP contribution is -2.24. The Hall–Kier alpha value is -3.13. The van der Waals surface area contributed by atoms with Crippen LogP contribution in [-0.2, 0) is 0 Å². The van der Waals surface area contributed by atoms with E-state index in [4.69, 9.17) is 5.26 Å². The third kappa shape index (κ3) is 4.43. The van der Waals surface area contributed by atoms with Crippen LogP contribution in [0.15, 0.2) is 48.5 Å². The highest BCUT2D eigenvalue weighted by atomic mass is 16.2. The Labute approximate surface area is 141 Å². The van der Waals surface area contributed by atoms with E-state index in [1.165, 1.54) is 0 Å². The molecule has 24 heavy (non-hydrogen) atoms. The van der Waals surface area contributed by atoms with Gasteiger partial charge in [-0.05, 0) is 42.8 Å². The number of carbonyl (C=O) groups excluding carboxylic acids is 2. The quantitative estimate of drug-likeness (QED) is 0.801. The molecule has 0 unspecified atom stereocenters. The molecule has 122 valence electrons. The van der Waals surface area contributed by atoms with Gasteiger partial charge in [-0.25, -0.2) is 0 Å². The van der Waals surface area contributed by atoms with E-state index in [0.717, 1.165) is 12.8 Å². The van der Waals surface area contributed by atoms with Crippen LogP contribution in [0.2, 0.25) is 0 Å². The van der Waals surface area contributed by atoms with E-state index in [-0.39, 0.29) is 11.8 Å². The number of para-hydroxylation sites is 1. The standard InChI is InChI=1S/C19H19N3O2/c1-2-3-12-21-18(23)14-8-10-15(11-9-14)19(24)22-17-7-5-4-6-16(17)13-20/h4-11H,2-3,12H2,1H3,(H,21,23)(H,22,24). The minimum Gasteiger partial charge on any atom is -0.352 e. The molecule has 5 nitrogen and oxygen atoms in total. The smallest absolute Gasteiger partial charge is 0.255 e. The Morgan fingerprint density at radius 2 is 1.62 bits per heavy atom. The largest absolute Gasteiger partial charge is 0.352 e. The lowest BCUT2D eigenvalue weighted by atomic mass is 10.1. The van der Waals surface area contributed by atoms with Crippen LogP contribution in [-0.4, -0.2) is 18.4 Å². The number of nitriles is 1. The van der Waals surface area contributed by atoms with Crippen LogP contribution < -0.4 is 10.6 Å². The molecule has 0 saturated carbocycles. The maximum atomic E-state index is 12.3.